The average Bonchev–Trinajstić information content (AvgIpc) is 3.84. The zero-order chi connectivity index (χ0) is 30.4. The number of aromatic nitrogens is 4. The first-order valence-electron chi connectivity index (χ1n) is 14.2. The summed E-state index contributed by atoms with van der Waals surface area (Å²) in [4.78, 5) is 39.9. The van der Waals surface area contributed by atoms with Crippen molar-refractivity contribution in [2.75, 3.05) is 17.3 Å². The second-order valence-electron chi connectivity index (χ2n) is 12.5. The molecule has 2 fully saturated rings. The van der Waals surface area contributed by atoms with Crippen molar-refractivity contribution in [3.63, 3.8) is 0 Å². The van der Waals surface area contributed by atoms with Crippen molar-refractivity contribution in [3.05, 3.63) is 59.3 Å². The predicted molar refractivity (Wildman–Crippen MR) is 157 cm³/mol. The van der Waals surface area contributed by atoms with Gasteiger partial charge in [-0.15, -0.1) is 5.10 Å². The first-order valence-corrected chi connectivity index (χ1v) is 14.2. The minimum atomic E-state index is -1.33. The van der Waals surface area contributed by atoms with E-state index in [2.05, 4.69) is 15.5 Å². The van der Waals surface area contributed by atoms with E-state index in [9.17, 15) is 19.5 Å². The molecule has 3 aliphatic rings. The zero-order valence-corrected chi connectivity index (χ0v) is 24.5. The number of imide groups is 1. The molecule has 2 aromatic carbocycles. The number of benzene rings is 2. The summed E-state index contributed by atoms with van der Waals surface area (Å²) in [7, 11) is 3.39. The lowest BCUT2D eigenvalue weighted by molar-refractivity contribution is -0.119. The molecule has 1 aliphatic heterocycles. The van der Waals surface area contributed by atoms with Crippen LogP contribution in [0, 0.1) is 0 Å². The smallest absolute Gasteiger partial charge is 0.435 e. The molecule has 1 spiro atoms. The van der Waals surface area contributed by atoms with Crippen molar-refractivity contribution in [1.82, 2.24) is 19.6 Å². The molecule has 0 radical (unpaired) electrons. The summed E-state index contributed by atoms with van der Waals surface area (Å²) >= 11 is 0. The van der Waals surface area contributed by atoms with Crippen LogP contribution >= 0.6 is 0 Å². The van der Waals surface area contributed by atoms with Crippen LogP contribution in [-0.4, -0.2) is 55.5 Å². The molecule has 0 unspecified atom stereocenters. The number of hydrogen-bond donors (Lipinski definition) is 2. The molecular weight excluding hydrogens is 552 g/mol. The Morgan fingerprint density at radius 1 is 1.09 bits per heavy atom. The molecule has 2 saturated carbocycles. The number of carbonyl (C=O) groups is 3. The van der Waals surface area contributed by atoms with Gasteiger partial charge < -0.3 is 19.9 Å². The molecule has 222 valence electrons. The molecule has 0 bridgehead atoms. The standard InChI is InChI=1S/C31H32N6O6/c1-30(2,3)43-29(41)37-24-12-17(8-10-19(24)26(34-37)32-25-14-22(16-6-7-16)33-35(25)4)21-15-31(21)20-13-18(42-5)9-11-23(20)36(27(31)38)28(39)40/h8-14,16,21H,6-7,15H2,1-5H3,(H,32,34)(H,39,40)/t21-,31-/m0/s1. The lowest BCUT2D eigenvalue weighted by atomic mass is 9.91. The number of anilines is 3. The first-order chi connectivity index (χ1) is 20.4. The second-order valence-corrected chi connectivity index (χ2v) is 12.5. The maximum Gasteiger partial charge on any atom is 0.435 e. The molecule has 7 rings (SSSR count). The van der Waals surface area contributed by atoms with Gasteiger partial charge >= 0.3 is 12.2 Å². The van der Waals surface area contributed by atoms with Gasteiger partial charge in [-0.05, 0) is 81.5 Å². The molecule has 2 atom stereocenters. The summed E-state index contributed by atoms with van der Waals surface area (Å²) in [6, 6.07) is 12.6. The molecule has 2 N–H and O–H groups in total. The molecule has 0 saturated heterocycles. The van der Waals surface area contributed by atoms with Crippen molar-refractivity contribution in [2.45, 2.75) is 62.9 Å². The van der Waals surface area contributed by atoms with E-state index in [1.165, 1.54) is 11.8 Å². The molecule has 2 aliphatic carbocycles. The van der Waals surface area contributed by atoms with E-state index in [1.807, 2.05) is 31.3 Å². The molecule has 2 aromatic heterocycles. The maximum absolute atomic E-state index is 13.7. The van der Waals surface area contributed by atoms with E-state index >= 15 is 0 Å². The number of nitrogens with one attached hydrogen (secondary N) is 1. The summed E-state index contributed by atoms with van der Waals surface area (Å²) < 4.78 is 14.1. The first kappa shape index (κ1) is 27.0. The summed E-state index contributed by atoms with van der Waals surface area (Å²) in [5.41, 5.74) is 1.49. The minimum Gasteiger partial charge on any atom is -0.497 e. The van der Waals surface area contributed by atoms with Gasteiger partial charge in [-0.1, -0.05) is 6.07 Å². The Balaban J connectivity index is 1.30. The Morgan fingerprint density at radius 2 is 1.86 bits per heavy atom. The van der Waals surface area contributed by atoms with Crippen molar-refractivity contribution in [2.24, 2.45) is 7.05 Å². The zero-order valence-electron chi connectivity index (χ0n) is 24.5. The molecule has 2 amide bonds. The molecular formula is C31H32N6O6. The fourth-order valence-electron chi connectivity index (χ4n) is 6.20. The third kappa shape index (κ3) is 4.23. The number of methoxy groups -OCH3 is 1. The Hall–Kier alpha value is -4.87. The van der Waals surface area contributed by atoms with E-state index in [4.69, 9.17) is 9.47 Å². The van der Waals surface area contributed by atoms with Crippen molar-refractivity contribution < 1.29 is 29.0 Å². The predicted octanol–water partition coefficient (Wildman–Crippen LogP) is 5.63. The summed E-state index contributed by atoms with van der Waals surface area (Å²) in [6.07, 6.45) is 0.713. The second kappa shape index (κ2) is 9.06. The molecule has 4 aromatic rings. The van der Waals surface area contributed by atoms with Crippen molar-refractivity contribution in [1.29, 1.82) is 0 Å². The summed E-state index contributed by atoms with van der Waals surface area (Å²) in [6.45, 7) is 5.36. The maximum atomic E-state index is 13.7. The Morgan fingerprint density at radius 3 is 2.53 bits per heavy atom. The van der Waals surface area contributed by atoms with Crippen molar-refractivity contribution >= 4 is 46.3 Å². The van der Waals surface area contributed by atoms with Gasteiger partial charge in [0.2, 0.25) is 5.91 Å². The third-order valence-electron chi connectivity index (χ3n) is 8.48. The average molecular weight is 585 g/mol. The molecule has 3 heterocycles. The number of aryl methyl sites for hydroxylation is 1. The number of hydrogen-bond acceptors (Lipinski definition) is 8. The highest BCUT2D eigenvalue weighted by atomic mass is 16.6. The van der Waals surface area contributed by atoms with Gasteiger partial charge in [-0.2, -0.15) is 9.78 Å². The lowest BCUT2D eigenvalue weighted by Crippen LogP contribution is -2.36. The molecule has 12 nitrogen and oxygen atoms in total. The summed E-state index contributed by atoms with van der Waals surface area (Å²) in [5, 5.41) is 23.2. The van der Waals surface area contributed by atoms with Crippen LogP contribution < -0.4 is 15.0 Å². The number of fused-ring (bicyclic) bond motifs is 3. The minimum absolute atomic E-state index is 0.309. The van der Waals surface area contributed by atoms with E-state index in [1.54, 1.807) is 43.7 Å². The fraction of sp³-hybridized carbons (Fsp3) is 0.387. The van der Waals surface area contributed by atoms with Gasteiger partial charge in [-0.3, -0.25) is 9.48 Å². The van der Waals surface area contributed by atoms with Crippen LogP contribution in [-0.2, 0) is 22.0 Å². The third-order valence-corrected chi connectivity index (χ3v) is 8.48. The van der Waals surface area contributed by atoms with Crippen LogP contribution in [0.25, 0.3) is 10.9 Å². The quantitative estimate of drug-likeness (QED) is 0.305. The van der Waals surface area contributed by atoms with Crippen molar-refractivity contribution in [3.8, 4) is 5.75 Å². The number of nitrogens with zero attached hydrogens (tertiary/aromatic N) is 5. The Kier molecular flexibility index (Phi) is 5.69. The van der Waals surface area contributed by atoms with Gasteiger partial charge in [0, 0.05) is 30.3 Å². The number of amides is 2. The van der Waals surface area contributed by atoms with Gasteiger partial charge in [0.15, 0.2) is 5.82 Å². The largest absolute Gasteiger partial charge is 0.497 e. The van der Waals surface area contributed by atoms with Gasteiger partial charge in [0.05, 0.1) is 29.4 Å². The van der Waals surface area contributed by atoms with E-state index in [0.29, 0.717) is 46.1 Å². The lowest BCUT2D eigenvalue weighted by Gasteiger charge is -2.19. The van der Waals surface area contributed by atoms with E-state index in [-0.39, 0.29) is 5.92 Å². The van der Waals surface area contributed by atoms with Gasteiger partial charge in [0.1, 0.15) is 17.2 Å². The van der Waals surface area contributed by atoms with Crippen LogP contribution in [0.15, 0.2) is 42.5 Å². The number of rotatable bonds is 5. The highest BCUT2D eigenvalue weighted by Gasteiger charge is 2.68. The monoisotopic (exact) mass is 584 g/mol. The number of carbonyl (C=O) groups excluding carboxylic acids is 2. The molecule has 12 heteroatoms. The van der Waals surface area contributed by atoms with Gasteiger partial charge in [0.25, 0.3) is 0 Å². The van der Waals surface area contributed by atoms with Gasteiger partial charge in [-0.25, -0.2) is 14.5 Å². The highest BCUT2D eigenvalue weighted by Crippen LogP contribution is 2.67. The van der Waals surface area contributed by atoms with Crippen LogP contribution in [0.2, 0.25) is 0 Å². The topological polar surface area (TPSA) is 141 Å². The van der Waals surface area contributed by atoms with Crippen LogP contribution in [0.1, 0.15) is 68.7 Å². The van der Waals surface area contributed by atoms with Crippen LogP contribution in [0.4, 0.5) is 26.9 Å². The molecule has 43 heavy (non-hydrogen) atoms. The fourth-order valence-corrected chi connectivity index (χ4v) is 6.20. The number of ether oxygens (including phenoxy) is 2. The summed E-state index contributed by atoms with van der Waals surface area (Å²) in [5.74, 6) is 1.44. The Bertz CT molecular complexity index is 1850. The Labute approximate surface area is 247 Å². The van der Waals surface area contributed by atoms with Crippen LogP contribution in [0.5, 0.6) is 5.75 Å². The number of carboxylic acid groups (broad SMARTS) is 1. The normalized spacial score (nSPS) is 20.9. The van der Waals surface area contributed by atoms with Crippen LogP contribution in [0.3, 0.4) is 0 Å². The van der Waals surface area contributed by atoms with E-state index < -0.39 is 29.1 Å². The van der Waals surface area contributed by atoms with E-state index in [0.717, 1.165) is 34.8 Å². The SMILES string of the molecule is COc1ccc2c(c1)[C@]1(C[C@H]1c1ccc3c(Nc4cc(C5CC5)nn4C)nn(C(=O)OC(C)(C)C)c3c1)C(=O)N2C(=O)O. The highest BCUT2D eigenvalue weighted by molar-refractivity contribution is 6.22.